The van der Waals surface area contributed by atoms with Gasteiger partial charge in [0.25, 0.3) is 0 Å². The van der Waals surface area contributed by atoms with E-state index in [0.29, 0.717) is 12.2 Å². The molecule has 0 aromatic carbocycles. The van der Waals surface area contributed by atoms with Gasteiger partial charge in [0.2, 0.25) is 0 Å². The van der Waals surface area contributed by atoms with Gasteiger partial charge in [0.1, 0.15) is 0 Å². The van der Waals surface area contributed by atoms with Crippen LogP contribution in [0.4, 0.5) is 0 Å². The fourth-order valence-corrected chi connectivity index (χ4v) is 4.95. The van der Waals surface area contributed by atoms with Crippen molar-refractivity contribution in [2.75, 3.05) is 52.5 Å². The van der Waals surface area contributed by atoms with Crippen molar-refractivity contribution in [2.24, 2.45) is 10.9 Å². The van der Waals surface area contributed by atoms with Crippen molar-refractivity contribution < 1.29 is 9.47 Å². The first-order chi connectivity index (χ1) is 14.5. The fraction of sp³-hybridized carbons (Fsp3) is 0.958. The lowest BCUT2D eigenvalue weighted by molar-refractivity contribution is -0.0721. The molecule has 2 atom stereocenters. The van der Waals surface area contributed by atoms with E-state index in [1.807, 2.05) is 0 Å². The molecule has 3 heterocycles. The fourth-order valence-electron chi connectivity index (χ4n) is 4.95. The Morgan fingerprint density at radius 1 is 1.10 bits per heavy atom. The largest absolute Gasteiger partial charge is 0.376 e. The molecule has 0 saturated carbocycles. The topological polar surface area (TPSA) is 49.3 Å². The zero-order chi connectivity index (χ0) is 21.4. The van der Waals surface area contributed by atoms with Gasteiger partial charge < -0.3 is 19.7 Å². The van der Waals surface area contributed by atoms with Crippen molar-refractivity contribution in [3.8, 4) is 0 Å². The second-order valence-electron chi connectivity index (χ2n) is 10.2. The number of nitrogens with zero attached hydrogens (tertiary/aromatic N) is 3. The molecule has 174 valence electrons. The van der Waals surface area contributed by atoms with Crippen LogP contribution in [0.15, 0.2) is 4.99 Å². The average Bonchev–Trinajstić information content (AvgIpc) is 2.76. The number of rotatable bonds is 7. The van der Waals surface area contributed by atoms with Gasteiger partial charge in [0, 0.05) is 38.3 Å². The van der Waals surface area contributed by atoms with Crippen LogP contribution in [0.5, 0.6) is 0 Å². The smallest absolute Gasteiger partial charge is 0.193 e. The summed E-state index contributed by atoms with van der Waals surface area (Å²) >= 11 is 0. The standard InChI is InChI=1S/C24H46N4O2/c1-5-25-23(26-19-24(3,4)28-13-8-9-20(2)17-28)27-14-11-21(12-15-27)30-18-22-10-6-7-16-29-22/h20-22H,5-19H2,1-4H3,(H,25,26). The highest BCUT2D eigenvalue weighted by Crippen LogP contribution is 2.24. The van der Waals surface area contributed by atoms with Crippen LogP contribution in [-0.4, -0.2) is 86.0 Å². The summed E-state index contributed by atoms with van der Waals surface area (Å²) in [6.07, 6.45) is 9.14. The van der Waals surface area contributed by atoms with Crippen LogP contribution in [0.3, 0.4) is 0 Å². The summed E-state index contributed by atoms with van der Waals surface area (Å²) in [6.45, 7) is 17.1. The SMILES string of the molecule is CCNC(=NCC(C)(C)N1CCCC(C)C1)N1CCC(OCC2CCCCO2)CC1. The number of hydrogen-bond acceptors (Lipinski definition) is 4. The molecular formula is C24H46N4O2. The van der Waals surface area contributed by atoms with Crippen LogP contribution in [0.25, 0.3) is 0 Å². The molecule has 30 heavy (non-hydrogen) atoms. The van der Waals surface area contributed by atoms with Crippen molar-refractivity contribution in [3.63, 3.8) is 0 Å². The Morgan fingerprint density at radius 3 is 2.57 bits per heavy atom. The molecule has 3 aliphatic heterocycles. The van der Waals surface area contributed by atoms with Crippen LogP contribution < -0.4 is 5.32 Å². The molecule has 0 spiro atoms. The first-order valence-corrected chi connectivity index (χ1v) is 12.5. The molecule has 3 aliphatic rings. The molecule has 2 unspecified atom stereocenters. The zero-order valence-electron chi connectivity index (χ0n) is 20.0. The lowest BCUT2D eigenvalue weighted by Gasteiger charge is -2.42. The Balaban J connectivity index is 1.47. The number of ether oxygens (including phenoxy) is 2. The zero-order valence-corrected chi connectivity index (χ0v) is 20.0. The van der Waals surface area contributed by atoms with Gasteiger partial charge >= 0.3 is 0 Å². The second-order valence-corrected chi connectivity index (χ2v) is 10.2. The Bertz CT molecular complexity index is 525. The third-order valence-electron chi connectivity index (χ3n) is 7.00. The third-order valence-corrected chi connectivity index (χ3v) is 7.00. The van der Waals surface area contributed by atoms with Crippen LogP contribution in [0.2, 0.25) is 0 Å². The van der Waals surface area contributed by atoms with E-state index in [9.17, 15) is 0 Å². The van der Waals surface area contributed by atoms with Crippen LogP contribution >= 0.6 is 0 Å². The second kappa shape index (κ2) is 11.7. The minimum atomic E-state index is 0.108. The molecule has 0 aromatic heterocycles. The van der Waals surface area contributed by atoms with E-state index >= 15 is 0 Å². The minimum Gasteiger partial charge on any atom is -0.376 e. The molecule has 3 saturated heterocycles. The molecule has 0 bridgehead atoms. The van der Waals surface area contributed by atoms with Crippen molar-refractivity contribution >= 4 is 5.96 Å². The summed E-state index contributed by atoms with van der Waals surface area (Å²) in [5, 5.41) is 3.53. The van der Waals surface area contributed by atoms with Crippen molar-refractivity contribution in [2.45, 2.75) is 90.4 Å². The van der Waals surface area contributed by atoms with Gasteiger partial charge in [-0.3, -0.25) is 9.89 Å². The monoisotopic (exact) mass is 422 g/mol. The van der Waals surface area contributed by atoms with Crippen LogP contribution in [0.1, 0.15) is 72.6 Å². The quantitative estimate of drug-likeness (QED) is 0.503. The first-order valence-electron chi connectivity index (χ1n) is 12.5. The van der Waals surface area contributed by atoms with E-state index in [2.05, 4.69) is 42.8 Å². The molecule has 1 N–H and O–H groups in total. The maximum atomic E-state index is 6.20. The highest BCUT2D eigenvalue weighted by molar-refractivity contribution is 5.80. The highest BCUT2D eigenvalue weighted by atomic mass is 16.5. The Morgan fingerprint density at radius 2 is 1.90 bits per heavy atom. The number of hydrogen-bond donors (Lipinski definition) is 1. The number of nitrogens with one attached hydrogen (secondary N) is 1. The molecule has 3 fully saturated rings. The van der Waals surface area contributed by atoms with E-state index < -0.39 is 0 Å². The molecule has 3 rings (SSSR count). The number of likely N-dealkylation sites (tertiary alicyclic amines) is 2. The van der Waals surface area contributed by atoms with Gasteiger partial charge in [0.15, 0.2) is 5.96 Å². The van der Waals surface area contributed by atoms with E-state index in [1.165, 1.54) is 38.8 Å². The summed E-state index contributed by atoms with van der Waals surface area (Å²) < 4.78 is 12.0. The predicted octanol–water partition coefficient (Wildman–Crippen LogP) is 3.51. The van der Waals surface area contributed by atoms with Crippen LogP contribution in [-0.2, 0) is 9.47 Å². The predicted molar refractivity (Wildman–Crippen MR) is 124 cm³/mol. The summed E-state index contributed by atoms with van der Waals surface area (Å²) in [4.78, 5) is 10.1. The molecular weight excluding hydrogens is 376 g/mol. The third kappa shape index (κ3) is 7.10. The highest BCUT2D eigenvalue weighted by Gasteiger charge is 2.31. The van der Waals surface area contributed by atoms with Crippen molar-refractivity contribution in [3.05, 3.63) is 0 Å². The van der Waals surface area contributed by atoms with Crippen molar-refractivity contribution in [1.82, 2.24) is 15.1 Å². The lowest BCUT2D eigenvalue weighted by atomic mass is 9.94. The van der Waals surface area contributed by atoms with Gasteiger partial charge in [-0.25, -0.2) is 0 Å². The summed E-state index contributed by atoms with van der Waals surface area (Å²) in [6, 6.07) is 0. The normalized spacial score (nSPS) is 28.0. The van der Waals surface area contributed by atoms with E-state index in [0.717, 1.165) is 70.5 Å². The average molecular weight is 423 g/mol. The van der Waals surface area contributed by atoms with Gasteiger partial charge in [-0.2, -0.15) is 0 Å². The number of piperidine rings is 2. The maximum Gasteiger partial charge on any atom is 0.193 e. The molecule has 0 radical (unpaired) electrons. The number of guanidine groups is 1. The van der Waals surface area contributed by atoms with E-state index in [4.69, 9.17) is 14.5 Å². The van der Waals surface area contributed by atoms with Crippen molar-refractivity contribution in [1.29, 1.82) is 0 Å². The van der Waals surface area contributed by atoms with Gasteiger partial charge in [0.05, 0.1) is 25.4 Å². The molecule has 0 aromatic rings. The molecule has 0 amide bonds. The number of aliphatic imine (C=N–C) groups is 1. The molecule has 0 aliphatic carbocycles. The Kier molecular flexibility index (Phi) is 9.27. The summed E-state index contributed by atoms with van der Waals surface area (Å²) in [5.74, 6) is 1.87. The minimum absolute atomic E-state index is 0.108. The first kappa shape index (κ1) is 23.8. The Hall–Kier alpha value is -0.850. The Labute approximate surface area is 184 Å². The summed E-state index contributed by atoms with van der Waals surface area (Å²) in [7, 11) is 0. The summed E-state index contributed by atoms with van der Waals surface area (Å²) in [5.41, 5.74) is 0.108. The maximum absolute atomic E-state index is 6.20. The molecule has 6 nitrogen and oxygen atoms in total. The van der Waals surface area contributed by atoms with Gasteiger partial charge in [-0.1, -0.05) is 6.92 Å². The van der Waals surface area contributed by atoms with Crippen LogP contribution in [0, 0.1) is 5.92 Å². The lowest BCUT2D eigenvalue weighted by Crippen LogP contribution is -2.52. The van der Waals surface area contributed by atoms with E-state index in [1.54, 1.807) is 0 Å². The van der Waals surface area contributed by atoms with Gasteiger partial charge in [-0.05, 0) is 78.2 Å². The molecule has 6 heteroatoms. The van der Waals surface area contributed by atoms with E-state index in [-0.39, 0.29) is 5.54 Å². The van der Waals surface area contributed by atoms with Gasteiger partial charge in [-0.15, -0.1) is 0 Å².